The van der Waals surface area contributed by atoms with Crippen molar-refractivity contribution < 1.29 is 15.0 Å². The summed E-state index contributed by atoms with van der Waals surface area (Å²) in [4.78, 5) is 11.7. The normalized spacial score (nSPS) is 10.3. The van der Waals surface area contributed by atoms with E-state index in [9.17, 15) is 9.90 Å². The fourth-order valence-corrected chi connectivity index (χ4v) is 1.79. The molecule has 0 atom stereocenters. The van der Waals surface area contributed by atoms with E-state index in [1.807, 2.05) is 0 Å². The lowest BCUT2D eigenvalue weighted by molar-refractivity contribution is 0.0979. The van der Waals surface area contributed by atoms with E-state index in [2.05, 4.69) is 15.9 Å². The molecule has 88 valence electrons. The lowest BCUT2D eigenvalue weighted by atomic mass is 10.0. The molecule has 0 saturated heterocycles. The highest BCUT2D eigenvalue weighted by molar-refractivity contribution is 9.09. The lowest BCUT2D eigenvalue weighted by Gasteiger charge is -2.02. The van der Waals surface area contributed by atoms with Crippen molar-refractivity contribution in [2.75, 3.05) is 5.33 Å². The van der Waals surface area contributed by atoms with Gasteiger partial charge < -0.3 is 10.2 Å². The van der Waals surface area contributed by atoms with Gasteiger partial charge in [0.1, 0.15) is 0 Å². The van der Waals surface area contributed by atoms with Gasteiger partial charge >= 0.3 is 0 Å². The zero-order valence-corrected chi connectivity index (χ0v) is 10.5. The molecule has 2 N–H and O–H groups in total. The number of ketones is 1. The van der Waals surface area contributed by atoms with Crippen LogP contribution in [0.4, 0.5) is 0 Å². The molecule has 1 aromatic carbocycles. The van der Waals surface area contributed by atoms with Crippen LogP contribution in [-0.2, 0) is 0 Å². The third-order valence-corrected chi connectivity index (χ3v) is 2.90. The van der Waals surface area contributed by atoms with Crippen LogP contribution in [0.1, 0.15) is 36.0 Å². The summed E-state index contributed by atoms with van der Waals surface area (Å²) in [6.45, 7) is 0. The minimum atomic E-state index is -0.244. The number of unbranched alkanes of at least 4 members (excludes halogenated alkanes) is 2. The van der Waals surface area contributed by atoms with Crippen LogP contribution in [0, 0.1) is 0 Å². The van der Waals surface area contributed by atoms with Crippen LogP contribution in [0.15, 0.2) is 18.2 Å². The third kappa shape index (κ3) is 3.85. The number of Topliss-reactive ketones (excluding diaryl/α,β-unsaturated/α-hetero) is 1. The zero-order chi connectivity index (χ0) is 12.0. The van der Waals surface area contributed by atoms with Gasteiger partial charge in [-0.3, -0.25) is 4.79 Å². The Hall–Kier alpha value is -1.03. The number of aromatic hydroxyl groups is 2. The summed E-state index contributed by atoms with van der Waals surface area (Å²) >= 11 is 3.33. The molecule has 0 aliphatic rings. The van der Waals surface area contributed by atoms with Gasteiger partial charge in [-0.05, 0) is 31.0 Å². The number of phenols is 2. The summed E-state index contributed by atoms with van der Waals surface area (Å²) in [5.74, 6) is -0.438. The number of carbonyl (C=O) groups excluding carboxylic acids is 1. The molecule has 0 aliphatic heterocycles. The number of hydrogen-bond acceptors (Lipinski definition) is 3. The molecule has 1 rings (SSSR count). The molecule has 0 amide bonds. The van der Waals surface area contributed by atoms with Gasteiger partial charge in [-0.15, -0.1) is 0 Å². The topological polar surface area (TPSA) is 57.5 Å². The second-order valence-electron chi connectivity index (χ2n) is 3.63. The molecule has 1 aromatic rings. The van der Waals surface area contributed by atoms with Gasteiger partial charge in [-0.25, -0.2) is 0 Å². The van der Waals surface area contributed by atoms with Gasteiger partial charge in [-0.2, -0.15) is 0 Å². The van der Waals surface area contributed by atoms with Gasteiger partial charge in [0.2, 0.25) is 0 Å². The van der Waals surface area contributed by atoms with Crippen LogP contribution in [-0.4, -0.2) is 21.3 Å². The molecular formula is C12H15BrO3. The Morgan fingerprint density at radius 2 is 1.88 bits per heavy atom. The van der Waals surface area contributed by atoms with Gasteiger partial charge in [0, 0.05) is 17.3 Å². The second kappa shape index (κ2) is 6.53. The SMILES string of the molecule is O=C(CCCCCBr)c1ccc(O)c(O)c1. The van der Waals surface area contributed by atoms with E-state index in [1.165, 1.54) is 18.2 Å². The van der Waals surface area contributed by atoms with E-state index in [0.29, 0.717) is 12.0 Å². The monoisotopic (exact) mass is 286 g/mol. The van der Waals surface area contributed by atoms with E-state index >= 15 is 0 Å². The predicted molar refractivity (Wildman–Crippen MR) is 66.4 cm³/mol. The lowest BCUT2D eigenvalue weighted by Crippen LogP contribution is -1.98. The summed E-state index contributed by atoms with van der Waals surface area (Å²) in [6.07, 6.45) is 3.42. The maximum atomic E-state index is 11.7. The number of benzene rings is 1. The Bertz CT molecular complexity index is 363. The smallest absolute Gasteiger partial charge is 0.163 e. The number of carbonyl (C=O) groups is 1. The highest BCUT2D eigenvalue weighted by atomic mass is 79.9. The van der Waals surface area contributed by atoms with Crippen molar-refractivity contribution in [3.8, 4) is 11.5 Å². The van der Waals surface area contributed by atoms with E-state index in [-0.39, 0.29) is 17.3 Å². The summed E-state index contributed by atoms with van der Waals surface area (Å²) in [5.41, 5.74) is 0.453. The van der Waals surface area contributed by atoms with E-state index in [1.54, 1.807) is 0 Å². The molecule has 16 heavy (non-hydrogen) atoms. The molecule has 3 nitrogen and oxygen atoms in total. The second-order valence-corrected chi connectivity index (χ2v) is 4.42. The van der Waals surface area contributed by atoms with Gasteiger partial charge in [0.05, 0.1) is 0 Å². The van der Waals surface area contributed by atoms with Crippen LogP contribution in [0.3, 0.4) is 0 Å². The quantitative estimate of drug-likeness (QED) is 0.365. The minimum Gasteiger partial charge on any atom is -0.504 e. The molecule has 0 aliphatic carbocycles. The summed E-state index contributed by atoms with van der Waals surface area (Å²) < 4.78 is 0. The Kier molecular flexibility index (Phi) is 5.32. The Balaban J connectivity index is 2.50. The van der Waals surface area contributed by atoms with Gasteiger partial charge in [0.15, 0.2) is 17.3 Å². The zero-order valence-electron chi connectivity index (χ0n) is 8.95. The van der Waals surface area contributed by atoms with Crippen molar-refractivity contribution >= 4 is 21.7 Å². The van der Waals surface area contributed by atoms with Gasteiger partial charge in [-0.1, -0.05) is 22.4 Å². The molecule has 0 aromatic heterocycles. The Morgan fingerprint density at radius 3 is 2.50 bits per heavy atom. The molecule has 0 heterocycles. The van der Waals surface area contributed by atoms with Crippen molar-refractivity contribution in [1.82, 2.24) is 0 Å². The average Bonchev–Trinajstić information content (AvgIpc) is 2.28. The number of phenolic OH excluding ortho intramolecular Hbond substituents is 2. The first-order chi connectivity index (χ1) is 7.65. The summed E-state index contributed by atoms with van der Waals surface area (Å²) in [5, 5.41) is 19.3. The molecule has 4 heteroatoms. The van der Waals surface area contributed by atoms with Crippen LogP contribution < -0.4 is 0 Å². The predicted octanol–water partition coefficient (Wildman–Crippen LogP) is 3.24. The third-order valence-electron chi connectivity index (χ3n) is 2.33. The molecule has 0 fully saturated rings. The fraction of sp³-hybridized carbons (Fsp3) is 0.417. The van der Waals surface area contributed by atoms with E-state index in [4.69, 9.17) is 5.11 Å². The average molecular weight is 287 g/mol. The first-order valence-electron chi connectivity index (χ1n) is 5.26. The number of alkyl halides is 1. The summed E-state index contributed by atoms with van der Waals surface area (Å²) in [6, 6.07) is 4.17. The van der Waals surface area contributed by atoms with E-state index < -0.39 is 0 Å². The largest absolute Gasteiger partial charge is 0.504 e. The molecule has 0 bridgehead atoms. The Labute approximate surface area is 103 Å². The molecule has 0 radical (unpaired) electrons. The van der Waals surface area contributed by atoms with E-state index in [0.717, 1.165) is 24.6 Å². The van der Waals surface area contributed by atoms with Crippen molar-refractivity contribution in [2.45, 2.75) is 25.7 Å². The molecular weight excluding hydrogens is 272 g/mol. The standard InChI is InChI=1S/C12H15BrO3/c13-7-3-1-2-4-10(14)9-5-6-11(15)12(16)8-9/h5-6,8,15-16H,1-4,7H2. The number of hydrogen-bond donors (Lipinski definition) is 2. The van der Waals surface area contributed by atoms with Crippen LogP contribution in [0.2, 0.25) is 0 Å². The van der Waals surface area contributed by atoms with Crippen LogP contribution in [0.5, 0.6) is 11.5 Å². The van der Waals surface area contributed by atoms with Gasteiger partial charge in [0.25, 0.3) is 0 Å². The first-order valence-corrected chi connectivity index (χ1v) is 6.38. The maximum absolute atomic E-state index is 11.7. The Morgan fingerprint density at radius 1 is 1.12 bits per heavy atom. The highest BCUT2D eigenvalue weighted by Gasteiger charge is 2.08. The number of halogens is 1. The number of rotatable bonds is 6. The van der Waals surface area contributed by atoms with Crippen molar-refractivity contribution in [3.05, 3.63) is 23.8 Å². The van der Waals surface area contributed by atoms with Crippen LogP contribution in [0.25, 0.3) is 0 Å². The molecule has 0 saturated carbocycles. The fourth-order valence-electron chi connectivity index (χ4n) is 1.40. The maximum Gasteiger partial charge on any atom is 0.163 e. The molecule has 0 unspecified atom stereocenters. The van der Waals surface area contributed by atoms with Crippen LogP contribution >= 0.6 is 15.9 Å². The molecule has 0 spiro atoms. The minimum absolute atomic E-state index is 0.00451. The highest BCUT2D eigenvalue weighted by Crippen LogP contribution is 2.25. The van der Waals surface area contributed by atoms with Crippen molar-refractivity contribution in [2.24, 2.45) is 0 Å². The first kappa shape index (κ1) is 13.0. The van der Waals surface area contributed by atoms with Crippen molar-refractivity contribution in [1.29, 1.82) is 0 Å². The van der Waals surface area contributed by atoms with Crippen molar-refractivity contribution in [3.63, 3.8) is 0 Å². The summed E-state index contributed by atoms with van der Waals surface area (Å²) in [7, 11) is 0.